The number of benzene rings is 2. The second-order valence-electron chi connectivity index (χ2n) is 5.00. The molecule has 116 valence electrons. The summed E-state index contributed by atoms with van der Waals surface area (Å²) < 4.78 is 0. The first-order chi connectivity index (χ1) is 10.6. The van der Waals surface area contributed by atoms with Crippen molar-refractivity contribution in [1.29, 1.82) is 0 Å². The average Bonchev–Trinajstić information content (AvgIpc) is 2.48. The highest BCUT2D eigenvalue weighted by Crippen LogP contribution is 2.22. The molecule has 0 fully saturated rings. The van der Waals surface area contributed by atoms with Crippen molar-refractivity contribution < 1.29 is 10.0 Å². The maximum atomic E-state index is 11.0. The second kappa shape index (κ2) is 7.89. The van der Waals surface area contributed by atoms with Crippen molar-refractivity contribution >= 4 is 17.3 Å². The van der Waals surface area contributed by atoms with Gasteiger partial charge in [-0.3, -0.25) is 10.1 Å². The van der Waals surface area contributed by atoms with Crippen molar-refractivity contribution in [2.45, 2.75) is 19.1 Å². The van der Waals surface area contributed by atoms with Crippen LogP contribution in [0.15, 0.2) is 48.5 Å². The molecule has 0 amide bonds. The van der Waals surface area contributed by atoms with Crippen LogP contribution in [0.3, 0.4) is 0 Å². The Balaban J connectivity index is 1.88. The Kier molecular flexibility index (Phi) is 5.89. The molecule has 0 radical (unpaired) electrons. The third-order valence-electron chi connectivity index (χ3n) is 3.25. The van der Waals surface area contributed by atoms with E-state index in [1.807, 2.05) is 30.3 Å². The molecule has 2 N–H and O–H groups in total. The summed E-state index contributed by atoms with van der Waals surface area (Å²) in [7, 11) is 0. The molecule has 2 aromatic carbocycles. The molecule has 5 nitrogen and oxygen atoms in total. The van der Waals surface area contributed by atoms with Gasteiger partial charge in [-0.25, -0.2) is 0 Å². The van der Waals surface area contributed by atoms with Crippen LogP contribution in [-0.2, 0) is 13.0 Å². The smallest absolute Gasteiger partial charge is 0.273 e. The SMILES string of the molecule is O=[N+]([O-])c1ccc(Cl)cc1CNCC(O)Cc1ccccc1. The minimum Gasteiger partial charge on any atom is -0.391 e. The standard InChI is InChI=1S/C16H17ClN2O3/c17-14-6-7-16(19(21)22)13(9-14)10-18-11-15(20)8-12-4-2-1-3-5-12/h1-7,9,15,18,20H,8,10-11H2. The van der Waals surface area contributed by atoms with E-state index < -0.39 is 11.0 Å². The zero-order chi connectivity index (χ0) is 15.9. The van der Waals surface area contributed by atoms with Crippen molar-refractivity contribution in [3.63, 3.8) is 0 Å². The molecule has 0 aromatic heterocycles. The van der Waals surface area contributed by atoms with Gasteiger partial charge in [-0.05, 0) is 24.1 Å². The van der Waals surface area contributed by atoms with Crippen LogP contribution >= 0.6 is 11.6 Å². The fraction of sp³-hybridized carbons (Fsp3) is 0.250. The van der Waals surface area contributed by atoms with Gasteiger partial charge in [0.05, 0.1) is 11.0 Å². The predicted octanol–water partition coefficient (Wildman–Crippen LogP) is 2.94. The van der Waals surface area contributed by atoms with Gasteiger partial charge in [0, 0.05) is 29.7 Å². The fourth-order valence-electron chi connectivity index (χ4n) is 2.21. The van der Waals surface area contributed by atoms with Gasteiger partial charge in [0.25, 0.3) is 5.69 Å². The molecule has 1 atom stereocenters. The number of halogens is 1. The summed E-state index contributed by atoms with van der Waals surface area (Å²) in [4.78, 5) is 10.5. The van der Waals surface area contributed by atoms with Crippen LogP contribution in [0, 0.1) is 10.1 Å². The quantitative estimate of drug-likeness (QED) is 0.607. The Morgan fingerprint density at radius 3 is 2.64 bits per heavy atom. The molecule has 22 heavy (non-hydrogen) atoms. The number of hydrogen-bond donors (Lipinski definition) is 2. The van der Waals surface area contributed by atoms with Crippen molar-refractivity contribution in [3.05, 3.63) is 74.8 Å². The van der Waals surface area contributed by atoms with Gasteiger partial charge in [-0.15, -0.1) is 0 Å². The van der Waals surface area contributed by atoms with Gasteiger partial charge in [0.1, 0.15) is 0 Å². The maximum Gasteiger partial charge on any atom is 0.273 e. The monoisotopic (exact) mass is 320 g/mol. The number of rotatable bonds is 7. The molecule has 0 bridgehead atoms. The van der Waals surface area contributed by atoms with Crippen LogP contribution in [0.1, 0.15) is 11.1 Å². The third kappa shape index (κ3) is 4.80. The van der Waals surface area contributed by atoms with Gasteiger partial charge in [-0.2, -0.15) is 0 Å². The van der Waals surface area contributed by atoms with E-state index in [1.54, 1.807) is 6.07 Å². The van der Waals surface area contributed by atoms with Crippen molar-refractivity contribution in [2.75, 3.05) is 6.54 Å². The minimum absolute atomic E-state index is 0.0226. The average molecular weight is 321 g/mol. The highest BCUT2D eigenvalue weighted by molar-refractivity contribution is 6.30. The Morgan fingerprint density at radius 1 is 1.23 bits per heavy atom. The summed E-state index contributed by atoms with van der Waals surface area (Å²) in [5, 5.41) is 24.4. The summed E-state index contributed by atoms with van der Waals surface area (Å²) >= 11 is 5.87. The lowest BCUT2D eigenvalue weighted by molar-refractivity contribution is -0.385. The molecule has 2 rings (SSSR count). The fourth-order valence-corrected chi connectivity index (χ4v) is 2.40. The molecule has 6 heteroatoms. The third-order valence-corrected chi connectivity index (χ3v) is 3.48. The summed E-state index contributed by atoms with van der Waals surface area (Å²) in [6.45, 7) is 0.626. The maximum absolute atomic E-state index is 11.0. The van der Waals surface area contributed by atoms with Gasteiger partial charge in [-0.1, -0.05) is 41.9 Å². The normalized spacial score (nSPS) is 12.1. The number of nitrogens with one attached hydrogen (secondary N) is 1. The van der Waals surface area contributed by atoms with E-state index >= 15 is 0 Å². The molecule has 0 spiro atoms. The van der Waals surface area contributed by atoms with E-state index in [0.717, 1.165) is 5.56 Å². The first kappa shape index (κ1) is 16.4. The van der Waals surface area contributed by atoms with Crippen molar-refractivity contribution in [1.82, 2.24) is 5.32 Å². The van der Waals surface area contributed by atoms with Gasteiger partial charge < -0.3 is 10.4 Å². The lowest BCUT2D eigenvalue weighted by Gasteiger charge is -2.12. The van der Waals surface area contributed by atoms with Crippen LogP contribution in [-0.4, -0.2) is 22.7 Å². The molecule has 0 aliphatic heterocycles. The van der Waals surface area contributed by atoms with E-state index in [4.69, 9.17) is 11.6 Å². The minimum atomic E-state index is -0.555. The molecule has 2 aromatic rings. The zero-order valence-corrected chi connectivity index (χ0v) is 12.7. The lowest BCUT2D eigenvalue weighted by Crippen LogP contribution is -2.28. The molecule has 0 heterocycles. The Bertz CT molecular complexity index is 635. The Morgan fingerprint density at radius 2 is 1.95 bits per heavy atom. The molecule has 0 saturated carbocycles. The van der Waals surface area contributed by atoms with Crippen molar-refractivity contribution in [3.8, 4) is 0 Å². The van der Waals surface area contributed by atoms with E-state index in [-0.39, 0.29) is 12.2 Å². The highest BCUT2D eigenvalue weighted by Gasteiger charge is 2.14. The number of nitrogens with zero attached hydrogens (tertiary/aromatic N) is 1. The first-order valence-corrected chi connectivity index (χ1v) is 7.29. The molecule has 0 aliphatic rings. The van der Waals surface area contributed by atoms with E-state index in [2.05, 4.69) is 5.32 Å². The summed E-state index contributed by atoms with van der Waals surface area (Å²) in [6, 6.07) is 14.1. The van der Waals surface area contributed by atoms with Gasteiger partial charge in [0.15, 0.2) is 0 Å². The van der Waals surface area contributed by atoms with E-state index in [9.17, 15) is 15.2 Å². The second-order valence-corrected chi connectivity index (χ2v) is 5.44. The Hall–Kier alpha value is -1.95. The van der Waals surface area contributed by atoms with Gasteiger partial charge in [0.2, 0.25) is 0 Å². The van der Waals surface area contributed by atoms with E-state index in [1.165, 1.54) is 12.1 Å². The lowest BCUT2D eigenvalue weighted by atomic mass is 10.1. The van der Waals surface area contributed by atoms with Crippen LogP contribution in [0.25, 0.3) is 0 Å². The molecular weight excluding hydrogens is 304 g/mol. The number of hydrogen-bond acceptors (Lipinski definition) is 4. The summed E-state index contributed by atoms with van der Waals surface area (Å²) in [5.41, 5.74) is 1.57. The summed E-state index contributed by atoms with van der Waals surface area (Å²) in [5.74, 6) is 0. The van der Waals surface area contributed by atoms with Gasteiger partial charge >= 0.3 is 0 Å². The molecular formula is C16H17ClN2O3. The van der Waals surface area contributed by atoms with Crippen LogP contribution in [0.5, 0.6) is 0 Å². The van der Waals surface area contributed by atoms with Crippen LogP contribution in [0.4, 0.5) is 5.69 Å². The number of aliphatic hydroxyl groups excluding tert-OH is 1. The number of nitro benzene ring substituents is 1. The number of nitro groups is 1. The largest absolute Gasteiger partial charge is 0.391 e. The topological polar surface area (TPSA) is 75.4 Å². The highest BCUT2D eigenvalue weighted by atomic mass is 35.5. The van der Waals surface area contributed by atoms with Crippen molar-refractivity contribution in [2.24, 2.45) is 0 Å². The van der Waals surface area contributed by atoms with Crippen LogP contribution in [0.2, 0.25) is 5.02 Å². The van der Waals surface area contributed by atoms with E-state index in [0.29, 0.717) is 23.6 Å². The first-order valence-electron chi connectivity index (χ1n) is 6.92. The summed E-state index contributed by atoms with van der Waals surface area (Å²) in [6.07, 6.45) is -0.0217. The predicted molar refractivity (Wildman–Crippen MR) is 86.0 cm³/mol. The molecule has 0 aliphatic carbocycles. The molecule has 0 saturated heterocycles. The molecule has 1 unspecified atom stereocenters. The Labute approximate surface area is 133 Å². The zero-order valence-electron chi connectivity index (χ0n) is 11.9. The number of aliphatic hydroxyl groups is 1. The van der Waals surface area contributed by atoms with Crippen LogP contribution < -0.4 is 5.32 Å².